The minimum absolute atomic E-state index is 0. The summed E-state index contributed by atoms with van der Waals surface area (Å²) in [6, 6.07) is 4.60. The minimum atomic E-state index is -0.492. The van der Waals surface area contributed by atoms with E-state index in [0.29, 0.717) is 5.69 Å². The fourth-order valence-corrected chi connectivity index (χ4v) is 3.36. The Morgan fingerprint density at radius 1 is 1.29 bits per heavy atom. The number of anilines is 1. The second kappa shape index (κ2) is 7.70. The average molecular weight is 357 g/mol. The number of hydrogen-bond donors (Lipinski definition) is 2. The molecule has 0 bridgehead atoms. The topological polar surface area (TPSA) is 64.4 Å². The Bertz CT molecular complexity index is 590. The van der Waals surface area contributed by atoms with Gasteiger partial charge in [0.05, 0.1) is 12.0 Å². The van der Waals surface area contributed by atoms with Crippen LogP contribution < -0.4 is 15.8 Å². The quantitative estimate of drug-likeness (QED) is 0.856. The number of halogens is 2. The smallest absolute Gasteiger partial charge is 0.229 e. The van der Waals surface area contributed by atoms with Gasteiger partial charge in [-0.25, -0.2) is 4.39 Å². The van der Waals surface area contributed by atoms with Crippen LogP contribution in [0.1, 0.15) is 51.9 Å². The van der Waals surface area contributed by atoms with Crippen molar-refractivity contribution in [2.24, 2.45) is 11.7 Å². The molecule has 3 rings (SSSR count). The van der Waals surface area contributed by atoms with E-state index >= 15 is 0 Å². The number of ether oxygens (including phenoxy) is 1. The van der Waals surface area contributed by atoms with Crippen molar-refractivity contribution in [3.8, 4) is 5.75 Å². The van der Waals surface area contributed by atoms with E-state index in [-0.39, 0.29) is 36.1 Å². The maximum atomic E-state index is 14.1. The summed E-state index contributed by atoms with van der Waals surface area (Å²) >= 11 is 0. The van der Waals surface area contributed by atoms with Gasteiger partial charge in [0.2, 0.25) is 5.91 Å². The van der Waals surface area contributed by atoms with Gasteiger partial charge in [0, 0.05) is 17.3 Å². The Balaban J connectivity index is 0.00000208. The van der Waals surface area contributed by atoms with Crippen molar-refractivity contribution >= 4 is 24.0 Å². The van der Waals surface area contributed by atoms with E-state index in [9.17, 15) is 9.18 Å². The van der Waals surface area contributed by atoms with E-state index < -0.39 is 11.4 Å². The lowest BCUT2D eigenvalue weighted by Crippen LogP contribution is -2.51. The highest BCUT2D eigenvalue weighted by atomic mass is 35.5. The van der Waals surface area contributed by atoms with Gasteiger partial charge in [-0.15, -0.1) is 12.4 Å². The molecule has 1 amide bonds. The monoisotopic (exact) mass is 356 g/mol. The van der Waals surface area contributed by atoms with Crippen molar-refractivity contribution < 1.29 is 13.9 Å². The molecule has 0 heterocycles. The molecule has 0 spiro atoms. The molecule has 4 nitrogen and oxygen atoms in total. The maximum Gasteiger partial charge on any atom is 0.229 e. The molecule has 2 atom stereocenters. The van der Waals surface area contributed by atoms with Gasteiger partial charge in [0.25, 0.3) is 0 Å². The van der Waals surface area contributed by atoms with E-state index in [1.165, 1.54) is 6.07 Å². The summed E-state index contributed by atoms with van der Waals surface area (Å²) in [5, 5.41) is 2.80. The standard InChI is InChI=1S/C18H25FN2O2.ClH/c1-18(20)10-3-2-7-14(18)17(22)21-12-8-9-16(15(19)11-12)23-13-5-4-6-13;/h8-9,11,13-14H,2-7,10,20H2,1H3,(H,21,22);1H. The predicted molar refractivity (Wildman–Crippen MR) is 95.1 cm³/mol. The molecule has 0 aliphatic heterocycles. The highest BCUT2D eigenvalue weighted by molar-refractivity contribution is 5.93. The first-order valence-electron chi connectivity index (χ1n) is 8.52. The molecule has 24 heavy (non-hydrogen) atoms. The molecule has 0 radical (unpaired) electrons. The molecular weight excluding hydrogens is 331 g/mol. The molecule has 3 N–H and O–H groups in total. The lowest BCUT2D eigenvalue weighted by molar-refractivity contribution is -0.122. The maximum absolute atomic E-state index is 14.1. The Morgan fingerprint density at radius 2 is 2.04 bits per heavy atom. The zero-order valence-corrected chi connectivity index (χ0v) is 14.8. The second-order valence-corrected chi connectivity index (χ2v) is 7.11. The van der Waals surface area contributed by atoms with Gasteiger partial charge in [-0.2, -0.15) is 0 Å². The molecule has 1 aromatic carbocycles. The first-order chi connectivity index (χ1) is 11.0. The highest BCUT2D eigenvalue weighted by Crippen LogP contribution is 2.33. The molecule has 6 heteroatoms. The molecule has 2 aliphatic rings. The summed E-state index contributed by atoms with van der Waals surface area (Å²) < 4.78 is 19.7. The van der Waals surface area contributed by atoms with Gasteiger partial charge in [-0.05, 0) is 51.2 Å². The minimum Gasteiger partial charge on any atom is -0.487 e. The molecule has 2 aliphatic carbocycles. The first-order valence-corrected chi connectivity index (χ1v) is 8.52. The van der Waals surface area contributed by atoms with Crippen molar-refractivity contribution in [3.05, 3.63) is 24.0 Å². The van der Waals surface area contributed by atoms with Crippen LogP contribution in [0.4, 0.5) is 10.1 Å². The molecule has 2 saturated carbocycles. The highest BCUT2D eigenvalue weighted by Gasteiger charge is 2.37. The molecule has 0 aromatic heterocycles. The lowest BCUT2D eigenvalue weighted by atomic mass is 9.74. The van der Waals surface area contributed by atoms with E-state index in [1.54, 1.807) is 12.1 Å². The third kappa shape index (κ3) is 4.19. The van der Waals surface area contributed by atoms with Crippen molar-refractivity contribution in [3.63, 3.8) is 0 Å². The van der Waals surface area contributed by atoms with Crippen LogP contribution >= 0.6 is 12.4 Å². The Labute approximate surface area is 148 Å². The molecule has 2 unspecified atom stereocenters. The SMILES string of the molecule is CC1(N)CCCCC1C(=O)Nc1ccc(OC2CCC2)c(F)c1.Cl. The van der Waals surface area contributed by atoms with Gasteiger partial charge in [-0.1, -0.05) is 12.8 Å². The van der Waals surface area contributed by atoms with Crippen LogP contribution in [0.25, 0.3) is 0 Å². The van der Waals surface area contributed by atoms with E-state index in [0.717, 1.165) is 44.9 Å². The summed E-state index contributed by atoms with van der Waals surface area (Å²) in [6.07, 6.45) is 6.91. The number of carbonyl (C=O) groups excluding carboxylic acids is 1. The first kappa shape index (κ1) is 19.0. The summed E-state index contributed by atoms with van der Waals surface area (Å²) in [4.78, 5) is 12.5. The van der Waals surface area contributed by atoms with Crippen molar-refractivity contribution in [2.45, 2.75) is 63.5 Å². The second-order valence-electron chi connectivity index (χ2n) is 7.11. The number of amides is 1. The number of nitrogens with two attached hydrogens (primary N) is 1. The number of hydrogen-bond acceptors (Lipinski definition) is 3. The average Bonchev–Trinajstić information content (AvgIpc) is 2.44. The number of nitrogens with one attached hydrogen (secondary N) is 1. The van der Waals surface area contributed by atoms with Crippen LogP contribution in [-0.4, -0.2) is 17.6 Å². The predicted octanol–water partition coefficient (Wildman–Crippen LogP) is 4.02. The third-order valence-electron chi connectivity index (χ3n) is 5.12. The summed E-state index contributed by atoms with van der Waals surface area (Å²) in [6.45, 7) is 1.92. The van der Waals surface area contributed by atoms with Crippen LogP contribution in [0.15, 0.2) is 18.2 Å². The molecule has 0 saturated heterocycles. The number of carbonyl (C=O) groups is 1. The van der Waals surface area contributed by atoms with E-state index in [2.05, 4.69) is 5.32 Å². The fraction of sp³-hybridized carbons (Fsp3) is 0.611. The molecule has 2 fully saturated rings. The fourth-order valence-electron chi connectivity index (χ4n) is 3.36. The lowest BCUT2D eigenvalue weighted by Gasteiger charge is -2.37. The summed E-state index contributed by atoms with van der Waals surface area (Å²) in [7, 11) is 0. The Hall–Kier alpha value is -1.33. The van der Waals surface area contributed by atoms with Crippen LogP contribution in [0.2, 0.25) is 0 Å². The third-order valence-corrected chi connectivity index (χ3v) is 5.12. The Kier molecular flexibility index (Phi) is 6.10. The zero-order valence-electron chi connectivity index (χ0n) is 14.0. The molecule has 134 valence electrons. The van der Waals surface area contributed by atoms with Crippen LogP contribution in [0.3, 0.4) is 0 Å². The number of benzene rings is 1. The van der Waals surface area contributed by atoms with Gasteiger partial charge >= 0.3 is 0 Å². The molecule has 1 aromatic rings. The molecular formula is C18H26ClFN2O2. The van der Waals surface area contributed by atoms with Gasteiger partial charge in [0.1, 0.15) is 0 Å². The number of rotatable bonds is 4. The van der Waals surface area contributed by atoms with Gasteiger partial charge < -0.3 is 15.8 Å². The van der Waals surface area contributed by atoms with Gasteiger partial charge in [-0.3, -0.25) is 4.79 Å². The Morgan fingerprint density at radius 3 is 2.62 bits per heavy atom. The van der Waals surface area contributed by atoms with Crippen molar-refractivity contribution in [1.29, 1.82) is 0 Å². The van der Waals surface area contributed by atoms with E-state index in [4.69, 9.17) is 10.5 Å². The summed E-state index contributed by atoms with van der Waals surface area (Å²) in [5.41, 5.74) is 6.21. The van der Waals surface area contributed by atoms with E-state index in [1.807, 2.05) is 6.92 Å². The summed E-state index contributed by atoms with van der Waals surface area (Å²) in [5.74, 6) is -0.533. The van der Waals surface area contributed by atoms with Gasteiger partial charge in [0.15, 0.2) is 11.6 Å². The normalized spacial score (nSPS) is 26.9. The zero-order chi connectivity index (χ0) is 16.4. The van der Waals surface area contributed by atoms with Crippen molar-refractivity contribution in [2.75, 3.05) is 5.32 Å². The van der Waals surface area contributed by atoms with Crippen molar-refractivity contribution in [1.82, 2.24) is 0 Å². The van der Waals surface area contributed by atoms with Crippen LogP contribution in [-0.2, 0) is 4.79 Å². The largest absolute Gasteiger partial charge is 0.487 e. The van der Waals surface area contributed by atoms with Crippen LogP contribution in [0, 0.1) is 11.7 Å². The van der Waals surface area contributed by atoms with Crippen LogP contribution in [0.5, 0.6) is 5.75 Å².